The molecule has 31 heavy (non-hydrogen) atoms. The van der Waals surface area contributed by atoms with Crippen LogP contribution < -0.4 is 5.32 Å². The fraction of sp³-hybridized carbons (Fsp3) is 0.333. The molecular formula is C27H31N3O. The molecule has 1 aliphatic rings. The van der Waals surface area contributed by atoms with E-state index in [0.29, 0.717) is 5.92 Å². The van der Waals surface area contributed by atoms with E-state index in [1.807, 2.05) is 24.5 Å². The molecule has 2 aromatic carbocycles. The lowest BCUT2D eigenvalue weighted by Crippen LogP contribution is -2.43. The van der Waals surface area contributed by atoms with Gasteiger partial charge in [-0.2, -0.15) is 0 Å². The SMILES string of the molecule is CNC(=O)[C@@]1(Cc2ccc(-c3ccncc3)cc2)CCN(C[C@H](C)c2ccccc2)C1. The fourth-order valence-corrected chi connectivity index (χ4v) is 4.81. The number of hydrogen-bond acceptors (Lipinski definition) is 3. The second-order valence-electron chi connectivity index (χ2n) is 8.77. The van der Waals surface area contributed by atoms with E-state index in [2.05, 4.69) is 76.7 Å². The van der Waals surface area contributed by atoms with Crippen LogP contribution in [0.25, 0.3) is 11.1 Å². The first-order valence-electron chi connectivity index (χ1n) is 11.1. The van der Waals surface area contributed by atoms with Crippen LogP contribution in [0.15, 0.2) is 79.1 Å². The van der Waals surface area contributed by atoms with E-state index in [0.717, 1.165) is 38.0 Å². The van der Waals surface area contributed by atoms with Crippen LogP contribution in [0, 0.1) is 5.41 Å². The van der Waals surface area contributed by atoms with Crippen molar-refractivity contribution in [1.82, 2.24) is 15.2 Å². The molecule has 3 aromatic rings. The number of carbonyl (C=O) groups is 1. The molecular weight excluding hydrogens is 382 g/mol. The van der Waals surface area contributed by atoms with Gasteiger partial charge in [0.25, 0.3) is 0 Å². The van der Waals surface area contributed by atoms with Gasteiger partial charge in [-0.15, -0.1) is 0 Å². The van der Waals surface area contributed by atoms with Gasteiger partial charge in [0.05, 0.1) is 5.41 Å². The Balaban J connectivity index is 1.47. The van der Waals surface area contributed by atoms with E-state index in [-0.39, 0.29) is 11.3 Å². The van der Waals surface area contributed by atoms with Crippen molar-refractivity contribution >= 4 is 5.91 Å². The Morgan fingerprint density at radius 3 is 2.39 bits per heavy atom. The Morgan fingerprint density at radius 2 is 1.71 bits per heavy atom. The van der Waals surface area contributed by atoms with Gasteiger partial charge in [-0.1, -0.05) is 61.5 Å². The maximum Gasteiger partial charge on any atom is 0.227 e. The number of likely N-dealkylation sites (tertiary alicyclic amines) is 1. The molecule has 4 rings (SSSR count). The molecule has 1 N–H and O–H groups in total. The van der Waals surface area contributed by atoms with Crippen molar-refractivity contribution in [2.75, 3.05) is 26.7 Å². The molecule has 1 fully saturated rings. The minimum Gasteiger partial charge on any atom is -0.359 e. The number of aromatic nitrogens is 1. The van der Waals surface area contributed by atoms with Gasteiger partial charge in [-0.25, -0.2) is 0 Å². The number of benzene rings is 2. The fourth-order valence-electron chi connectivity index (χ4n) is 4.81. The zero-order valence-corrected chi connectivity index (χ0v) is 18.4. The maximum atomic E-state index is 13.0. The van der Waals surface area contributed by atoms with Crippen LogP contribution in [0.3, 0.4) is 0 Å². The first kappa shape index (κ1) is 21.3. The molecule has 160 valence electrons. The molecule has 0 unspecified atom stereocenters. The van der Waals surface area contributed by atoms with Crippen LogP contribution >= 0.6 is 0 Å². The van der Waals surface area contributed by atoms with Crippen LogP contribution in [0.5, 0.6) is 0 Å². The molecule has 0 spiro atoms. The van der Waals surface area contributed by atoms with Crippen LogP contribution in [0.2, 0.25) is 0 Å². The summed E-state index contributed by atoms with van der Waals surface area (Å²) < 4.78 is 0. The summed E-state index contributed by atoms with van der Waals surface area (Å²) in [5.41, 5.74) is 4.52. The van der Waals surface area contributed by atoms with Gasteiger partial charge >= 0.3 is 0 Å². The minimum atomic E-state index is -0.372. The number of rotatable bonds is 7. The zero-order chi connectivity index (χ0) is 21.7. The van der Waals surface area contributed by atoms with E-state index in [1.54, 1.807) is 7.05 Å². The molecule has 1 aromatic heterocycles. The summed E-state index contributed by atoms with van der Waals surface area (Å²) in [5, 5.41) is 2.94. The zero-order valence-electron chi connectivity index (χ0n) is 18.4. The molecule has 1 saturated heterocycles. The van der Waals surface area contributed by atoms with E-state index < -0.39 is 0 Å². The number of nitrogens with zero attached hydrogens (tertiary/aromatic N) is 2. The number of amides is 1. The standard InChI is InChI=1S/C27H31N3O/c1-21(23-6-4-3-5-7-23)19-30-17-14-27(20-30,26(31)28-2)18-22-8-10-24(11-9-22)25-12-15-29-16-13-25/h3-13,15-16,21H,14,17-20H2,1-2H3,(H,28,31)/t21-,27+/m0/s1. The van der Waals surface area contributed by atoms with Gasteiger partial charge in [0.15, 0.2) is 0 Å². The van der Waals surface area contributed by atoms with Crippen LogP contribution in [0.4, 0.5) is 0 Å². The number of carbonyl (C=O) groups excluding carboxylic acids is 1. The summed E-state index contributed by atoms with van der Waals surface area (Å²) >= 11 is 0. The molecule has 0 saturated carbocycles. The Labute approximate surface area is 185 Å². The third kappa shape index (κ3) is 4.86. The molecule has 4 nitrogen and oxygen atoms in total. The van der Waals surface area contributed by atoms with Crippen molar-refractivity contribution in [1.29, 1.82) is 0 Å². The van der Waals surface area contributed by atoms with Crippen molar-refractivity contribution in [3.63, 3.8) is 0 Å². The lowest BCUT2D eigenvalue weighted by atomic mass is 9.79. The van der Waals surface area contributed by atoms with Crippen molar-refractivity contribution in [2.45, 2.75) is 25.7 Å². The molecule has 0 radical (unpaired) electrons. The van der Waals surface area contributed by atoms with Gasteiger partial charge in [-0.3, -0.25) is 9.78 Å². The topological polar surface area (TPSA) is 45.2 Å². The third-order valence-corrected chi connectivity index (χ3v) is 6.55. The quantitative estimate of drug-likeness (QED) is 0.619. The van der Waals surface area contributed by atoms with Crippen LogP contribution in [0.1, 0.15) is 30.4 Å². The Kier molecular flexibility index (Phi) is 6.47. The maximum absolute atomic E-state index is 13.0. The highest BCUT2D eigenvalue weighted by Crippen LogP contribution is 2.36. The lowest BCUT2D eigenvalue weighted by molar-refractivity contribution is -0.130. The lowest BCUT2D eigenvalue weighted by Gasteiger charge is -2.29. The van der Waals surface area contributed by atoms with Crippen molar-refractivity contribution < 1.29 is 4.79 Å². The molecule has 0 bridgehead atoms. The monoisotopic (exact) mass is 413 g/mol. The van der Waals surface area contributed by atoms with E-state index in [9.17, 15) is 4.79 Å². The first-order valence-corrected chi connectivity index (χ1v) is 11.1. The van der Waals surface area contributed by atoms with Crippen molar-refractivity contribution in [3.05, 3.63) is 90.3 Å². The minimum absolute atomic E-state index is 0.153. The summed E-state index contributed by atoms with van der Waals surface area (Å²) in [4.78, 5) is 19.5. The van der Waals surface area contributed by atoms with Gasteiger partial charge in [0.2, 0.25) is 5.91 Å². The van der Waals surface area contributed by atoms with Gasteiger partial charge < -0.3 is 10.2 Å². The Hall–Kier alpha value is -2.98. The van der Waals surface area contributed by atoms with Gasteiger partial charge in [0, 0.05) is 32.5 Å². The molecule has 2 heterocycles. The van der Waals surface area contributed by atoms with Gasteiger partial charge in [0.1, 0.15) is 0 Å². The van der Waals surface area contributed by atoms with Gasteiger partial charge in [-0.05, 0) is 59.7 Å². The summed E-state index contributed by atoms with van der Waals surface area (Å²) in [6.07, 6.45) is 5.28. The predicted octanol–water partition coefficient (Wildman–Crippen LogP) is 4.53. The molecule has 0 aliphatic carbocycles. The van der Waals surface area contributed by atoms with Crippen LogP contribution in [-0.4, -0.2) is 42.5 Å². The molecule has 1 amide bonds. The smallest absolute Gasteiger partial charge is 0.227 e. The molecule has 2 atom stereocenters. The van der Waals surface area contributed by atoms with E-state index in [1.165, 1.54) is 16.7 Å². The Bertz CT molecular complexity index is 988. The van der Waals surface area contributed by atoms with E-state index >= 15 is 0 Å². The highest BCUT2D eigenvalue weighted by atomic mass is 16.2. The Morgan fingerprint density at radius 1 is 1.03 bits per heavy atom. The second kappa shape index (κ2) is 9.44. The van der Waals surface area contributed by atoms with Crippen molar-refractivity contribution in [2.24, 2.45) is 5.41 Å². The number of nitrogens with one attached hydrogen (secondary N) is 1. The van der Waals surface area contributed by atoms with E-state index in [4.69, 9.17) is 0 Å². The second-order valence-corrected chi connectivity index (χ2v) is 8.77. The number of hydrogen-bond donors (Lipinski definition) is 1. The van der Waals surface area contributed by atoms with Crippen LogP contribution in [-0.2, 0) is 11.2 Å². The normalized spacial score (nSPS) is 19.8. The first-order chi connectivity index (χ1) is 15.1. The molecule has 4 heteroatoms. The van der Waals surface area contributed by atoms with Crippen molar-refractivity contribution in [3.8, 4) is 11.1 Å². The summed E-state index contributed by atoms with van der Waals surface area (Å²) in [6.45, 7) is 5.01. The summed E-state index contributed by atoms with van der Waals surface area (Å²) in [7, 11) is 1.76. The molecule has 1 aliphatic heterocycles. The highest BCUT2D eigenvalue weighted by molar-refractivity contribution is 5.83. The number of pyridine rings is 1. The average Bonchev–Trinajstić information content (AvgIpc) is 3.23. The average molecular weight is 414 g/mol. The highest BCUT2D eigenvalue weighted by Gasteiger charge is 2.44. The largest absolute Gasteiger partial charge is 0.359 e. The summed E-state index contributed by atoms with van der Waals surface area (Å²) in [6, 6.07) is 23.3. The third-order valence-electron chi connectivity index (χ3n) is 6.55. The predicted molar refractivity (Wildman–Crippen MR) is 126 cm³/mol. The summed E-state index contributed by atoms with van der Waals surface area (Å²) in [5.74, 6) is 0.599.